The fourth-order valence-corrected chi connectivity index (χ4v) is 5.39. The number of aromatic nitrogens is 5. The highest BCUT2D eigenvalue weighted by Crippen LogP contribution is 2.32. The Morgan fingerprint density at radius 3 is 2.71 bits per heavy atom. The molecular weight excluding hydrogens is 558 g/mol. The maximum atomic E-state index is 13.8. The molecule has 2 aromatic carbocycles. The van der Waals surface area contributed by atoms with Gasteiger partial charge in [0, 0.05) is 27.5 Å². The second-order valence-corrected chi connectivity index (χ2v) is 10.7. The molecule has 0 aliphatic heterocycles. The molecule has 0 saturated heterocycles. The van der Waals surface area contributed by atoms with Crippen molar-refractivity contribution >= 4 is 39.8 Å². The first-order valence-electron chi connectivity index (χ1n) is 13.0. The fourth-order valence-electron chi connectivity index (χ4n) is 4.45. The summed E-state index contributed by atoms with van der Waals surface area (Å²) in [6.07, 6.45) is 4.66. The van der Waals surface area contributed by atoms with Crippen LogP contribution in [-0.4, -0.2) is 30.6 Å². The highest BCUT2D eigenvalue weighted by atomic mass is 32.1. The molecule has 6 rings (SSSR count). The molecule has 0 saturated carbocycles. The van der Waals surface area contributed by atoms with Gasteiger partial charge in [0.25, 0.3) is 5.91 Å². The molecule has 9 nitrogen and oxygen atoms in total. The minimum absolute atomic E-state index is 0.275. The molecule has 210 valence electrons. The summed E-state index contributed by atoms with van der Waals surface area (Å²) in [5.41, 5.74) is 8.52. The van der Waals surface area contributed by atoms with Crippen LogP contribution >= 0.6 is 11.3 Å². The molecule has 0 aliphatic rings. The van der Waals surface area contributed by atoms with E-state index in [1.807, 2.05) is 36.4 Å². The highest BCUT2D eigenvalue weighted by Gasteiger charge is 2.21. The second-order valence-electron chi connectivity index (χ2n) is 9.50. The van der Waals surface area contributed by atoms with Crippen molar-refractivity contribution in [2.75, 3.05) is 11.1 Å². The largest absolute Gasteiger partial charge is 0.383 e. The Labute approximate surface area is 243 Å². The number of fused-ring (bicyclic) bond motifs is 1. The van der Waals surface area contributed by atoms with E-state index in [-0.39, 0.29) is 5.56 Å². The number of hydrogen-bond donors (Lipinski definition) is 3. The molecule has 0 fully saturated rings. The van der Waals surface area contributed by atoms with Crippen LogP contribution in [0.25, 0.3) is 27.2 Å². The summed E-state index contributed by atoms with van der Waals surface area (Å²) in [6.45, 7) is 2.10. The molecule has 4 N–H and O–H groups in total. The molecule has 4 aromatic heterocycles. The van der Waals surface area contributed by atoms with E-state index in [1.165, 1.54) is 17.1 Å². The predicted octanol–water partition coefficient (Wildman–Crippen LogP) is 5.90. The summed E-state index contributed by atoms with van der Waals surface area (Å²) in [5, 5.41) is 11.5. The molecule has 6 aromatic rings. The Balaban J connectivity index is 1.23. The number of nitrogens with two attached hydrogens (primary N) is 1. The van der Waals surface area contributed by atoms with Crippen LogP contribution in [0.4, 0.5) is 20.4 Å². The first-order chi connectivity index (χ1) is 20.4. The van der Waals surface area contributed by atoms with Crippen LogP contribution in [0.1, 0.15) is 33.8 Å². The third-order valence-corrected chi connectivity index (χ3v) is 7.81. The van der Waals surface area contributed by atoms with Crippen molar-refractivity contribution in [1.29, 1.82) is 0 Å². The summed E-state index contributed by atoms with van der Waals surface area (Å²) in [7, 11) is 0. The number of nitrogens with zero attached hydrogens (tertiary/aromatic N) is 5. The molecule has 4 heterocycles. The predicted molar refractivity (Wildman–Crippen MR) is 158 cm³/mol. The fraction of sp³-hybridized carbons (Fsp3) is 0.100. The number of thiophene rings is 1. The molecule has 1 atom stereocenters. The van der Waals surface area contributed by atoms with Crippen LogP contribution < -0.4 is 16.4 Å². The molecule has 0 radical (unpaired) electrons. The van der Waals surface area contributed by atoms with Crippen molar-refractivity contribution in [2.45, 2.75) is 19.5 Å². The van der Waals surface area contributed by atoms with Gasteiger partial charge < -0.3 is 16.4 Å². The lowest BCUT2D eigenvalue weighted by molar-refractivity contribution is 0.0940. The Morgan fingerprint density at radius 2 is 1.90 bits per heavy atom. The number of hydrogen-bond acceptors (Lipinski definition) is 8. The van der Waals surface area contributed by atoms with Gasteiger partial charge in [0.2, 0.25) is 0 Å². The number of nitrogen functional groups attached to an aromatic ring is 1. The molecule has 1 amide bonds. The minimum atomic E-state index is -0.977. The van der Waals surface area contributed by atoms with Crippen molar-refractivity contribution in [3.05, 3.63) is 113 Å². The third-order valence-electron chi connectivity index (χ3n) is 6.68. The summed E-state index contributed by atoms with van der Waals surface area (Å²) in [5.74, 6) is -1.05. The van der Waals surface area contributed by atoms with Gasteiger partial charge in [-0.3, -0.25) is 4.79 Å². The number of nitrogens with one attached hydrogen (secondary N) is 2. The summed E-state index contributed by atoms with van der Waals surface area (Å²) in [6, 6.07) is 18.2. The van der Waals surface area contributed by atoms with Crippen molar-refractivity contribution < 1.29 is 13.6 Å². The number of carbonyl (C=O) groups excluding carboxylic acids is 1. The first kappa shape index (κ1) is 27.0. The zero-order valence-electron chi connectivity index (χ0n) is 22.3. The van der Waals surface area contributed by atoms with E-state index in [0.717, 1.165) is 38.4 Å². The maximum absolute atomic E-state index is 13.8. The normalized spacial score (nSPS) is 11.9. The SMILES string of the molecule is CC(NC(=O)c1cn(-c2ccccn2)nc1NCc1ccc(-c2ccc3ncnc(N)c3c2)s1)c1ccc(F)c(F)c1. The van der Waals surface area contributed by atoms with E-state index in [1.54, 1.807) is 42.8 Å². The lowest BCUT2D eigenvalue weighted by Crippen LogP contribution is -2.27. The zero-order chi connectivity index (χ0) is 29.2. The van der Waals surface area contributed by atoms with Gasteiger partial charge in [0.15, 0.2) is 23.3 Å². The lowest BCUT2D eigenvalue weighted by atomic mass is 10.1. The number of rotatable bonds is 8. The van der Waals surface area contributed by atoms with E-state index in [0.29, 0.717) is 29.6 Å². The second kappa shape index (κ2) is 11.3. The smallest absolute Gasteiger partial charge is 0.257 e. The Bertz CT molecular complexity index is 1910. The third kappa shape index (κ3) is 5.52. The Morgan fingerprint density at radius 1 is 1.02 bits per heavy atom. The number of benzene rings is 2. The van der Waals surface area contributed by atoms with Crippen LogP contribution in [-0.2, 0) is 6.54 Å². The molecule has 42 heavy (non-hydrogen) atoms. The van der Waals surface area contributed by atoms with Gasteiger partial charge in [-0.15, -0.1) is 16.4 Å². The van der Waals surface area contributed by atoms with Crippen LogP contribution in [0.15, 0.2) is 85.5 Å². The Kier molecular flexibility index (Phi) is 7.28. The van der Waals surface area contributed by atoms with Crippen LogP contribution in [0.5, 0.6) is 0 Å². The van der Waals surface area contributed by atoms with Crippen LogP contribution in [0.2, 0.25) is 0 Å². The molecule has 12 heteroatoms. The standard InChI is InChI=1S/C30H24F2N8OS/c1-17(18-5-8-23(31)24(32)13-18)38-30(41)22-15-40(27-4-2-3-11-34-27)39-29(22)35-14-20-7-10-26(42-20)19-6-9-25-21(12-19)28(33)37-16-36-25/h2-13,15-17H,14H2,1H3,(H,35,39)(H,38,41)(H2,33,36,37). The number of amides is 1. The molecule has 0 aliphatic carbocycles. The highest BCUT2D eigenvalue weighted by molar-refractivity contribution is 7.15. The van der Waals surface area contributed by atoms with E-state index >= 15 is 0 Å². The number of pyridine rings is 1. The topological polar surface area (TPSA) is 124 Å². The lowest BCUT2D eigenvalue weighted by Gasteiger charge is -2.14. The van der Waals surface area contributed by atoms with Crippen molar-refractivity contribution in [3.8, 4) is 16.3 Å². The van der Waals surface area contributed by atoms with Gasteiger partial charge in [-0.2, -0.15) is 0 Å². The summed E-state index contributed by atoms with van der Waals surface area (Å²) < 4.78 is 28.7. The Hall–Kier alpha value is -5.23. The first-order valence-corrected chi connectivity index (χ1v) is 13.8. The van der Waals surface area contributed by atoms with Crippen molar-refractivity contribution in [1.82, 2.24) is 30.0 Å². The van der Waals surface area contributed by atoms with Crippen molar-refractivity contribution in [2.24, 2.45) is 0 Å². The minimum Gasteiger partial charge on any atom is -0.383 e. The molecule has 0 bridgehead atoms. The summed E-state index contributed by atoms with van der Waals surface area (Å²) >= 11 is 1.59. The van der Waals surface area contributed by atoms with Crippen LogP contribution in [0.3, 0.4) is 0 Å². The number of halogens is 2. The van der Waals surface area contributed by atoms with E-state index in [4.69, 9.17) is 5.73 Å². The molecule has 0 spiro atoms. The van der Waals surface area contributed by atoms with E-state index in [9.17, 15) is 13.6 Å². The molecule has 1 unspecified atom stereocenters. The van der Waals surface area contributed by atoms with Gasteiger partial charge in [-0.25, -0.2) is 28.4 Å². The maximum Gasteiger partial charge on any atom is 0.257 e. The summed E-state index contributed by atoms with van der Waals surface area (Å²) in [4.78, 5) is 28.1. The quantitative estimate of drug-likeness (QED) is 0.204. The van der Waals surface area contributed by atoms with Gasteiger partial charge in [-0.1, -0.05) is 18.2 Å². The molecular formula is C30H24F2N8OS. The van der Waals surface area contributed by atoms with Gasteiger partial charge in [-0.05, 0) is 66.6 Å². The van der Waals surface area contributed by atoms with Gasteiger partial charge in [0.1, 0.15) is 17.7 Å². The van der Waals surface area contributed by atoms with Crippen LogP contribution in [0, 0.1) is 11.6 Å². The average molecular weight is 583 g/mol. The number of carbonyl (C=O) groups is 1. The number of anilines is 2. The van der Waals surface area contributed by atoms with Gasteiger partial charge >= 0.3 is 0 Å². The van der Waals surface area contributed by atoms with E-state index in [2.05, 4.69) is 30.7 Å². The average Bonchev–Trinajstić information content (AvgIpc) is 3.66. The van der Waals surface area contributed by atoms with Crippen molar-refractivity contribution in [3.63, 3.8) is 0 Å². The zero-order valence-corrected chi connectivity index (χ0v) is 23.1. The van der Waals surface area contributed by atoms with E-state index < -0.39 is 23.6 Å². The van der Waals surface area contributed by atoms with Gasteiger partial charge in [0.05, 0.1) is 18.1 Å². The monoisotopic (exact) mass is 582 g/mol.